The number of ether oxygens (including phenoxy) is 2. The van der Waals surface area contributed by atoms with Crippen LogP contribution >= 0.6 is 0 Å². The maximum absolute atomic E-state index is 12.4. The van der Waals surface area contributed by atoms with Crippen LogP contribution in [0.5, 0.6) is 5.88 Å². The van der Waals surface area contributed by atoms with Crippen LogP contribution in [0.4, 0.5) is 9.18 Å². The number of pyridine rings is 1. The second kappa shape index (κ2) is 7.29. The van der Waals surface area contributed by atoms with Crippen molar-refractivity contribution in [1.29, 1.82) is 0 Å². The SMILES string of the molecule is O=C(NCC=CF)OCOc1ccc2c(n1)CCN(C1CC1)C2=O. The molecule has 0 spiro atoms. The van der Waals surface area contributed by atoms with Gasteiger partial charge in [0.15, 0.2) is 0 Å². The molecule has 0 unspecified atom stereocenters. The second-order valence-electron chi connectivity index (χ2n) is 5.56. The number of hydrogen-bond acceptors (Lipinski definition) is 5. The van der Waals surface area contributed by atoms with E-state index in [1.54, 1.807) is 12.1 Å². The number of alkyl carbamates (subject to hydrolysis) is 1. The predicted molar refractivity (Wildman–Crippen MR) is 82.2 cm³/mol. The minimum atomic E-state index is -0.721. The van der Waals surface area contributed by atoms with Gasteiger partial charge in [-0.1, -0.05) is 0 Å². The first-order valence-electron chi connectivity index (χ1n) is 7.78. The quantitative estimate of drug-likeness (QED) is 0.802. The Morgan fingerprint density at radius 2 is 2.29 bits per heavy atom. The van der Waals surface area contributed by atoms with E-state index in [1.807, 2.05) is 4.90 Å². The van der Waals surface area contributed by atoms with E-state index in [4.69, 9.17) is 9.47 Å². The van der Waals surface area contributed by atoms with Crippen LogP contribution in [0.25, 0.3) is 0 Å². The fourth-order valence-corrected chi connectivity index (χ4v) is 2.55. The van der Waals surface area contributed by atoms with Gasteiger partial charge in [-0.15, -0.1) is 0 Å². The largest absolute Gasteiger partial charge is 0.440 e. The van der Waals surface area contributed by atoms with Gasteiger partial charge < -0.3 is 19.7 Å². The Balaban J connectivity index is 1.51. The van der Waals surface area contributed by atoms with Gasteiger partial charge in [-0.2, -0.15) is 0 Å². The molecule has 0 aromatic carbocycles. The standard InChI is InChI=1S/C16H18FN3O4/c17-7-1-8-18-16(22)24-10-23-14-5-4-12-13(19-14)6-9-20(15(12)21)11-2-3-11/h1,4-5,7,11H,2-3,6,8-10H2,(H,18,22). The summed E-state index contributed by atoms with van der Waals surface area (Å²) in [6.45, 7) is 0.388. The highest BCUT2D eigenvalue weighted by atomic mass is 19.1. The first-order valence-corrected chi connectivity index (χ1v) is 7.78. The molecular formula is C16H18FN3O4. The number of carbonyl (C=O) groups excluding carboxylic acids is 2. The van der Waals surface area contributed by atoms with Crippen molar-refractivity contribution in [1.82, 2.24) is 15.2 Å². The van der Waals surface area contributed by atoms with Gasteiger partial charge in [0.25, 0.3) is 5.91 Å². The van der Waals surface area contributed by atoms with Gasteiger partial charge in [0.05, 0.1) is 17.6 Å². The number of amides is 2. The Morgan fingerprint density at radius 1 is 1.46 bits per heavy atom. The molecule has 1 aromatic rings. The van der Waals surface area contributed by atoms with E-state index in [1.165, 1.54) is 0 Å². The highest BCUT2D eigenvalue weighted by Crippen LogP contribution is 2.31. The number of aromatic nitrogens is 1. The van der Waals surface area contributed by atoms with E-state index in [0.29, 0.717) is 36.6 Å². The molecular weight excluding hydrogens is 317 g/mol. The van der Waals surface area contributed by atoms with Gasteiger partial charge in [-0.3, -0.25) is 4.79 Å². The molecule has 0 saturated heterocycles. The monoisotopic (exact) mass is 335 g/mol. The average molecular weight is 335 g/mol. The van der Waals surface area contributed by atoms with E-state index < -0.39 is 6.09 Å². The topological polar surface area (TPSA) is 80.8 Å². The zero-order valence-electron chi connectivity index (χ0n) is 13.0. The van der Waals surface area contributed by atoms with Crippen molar-refractivity contribution in [2.75, 3.05) is 19.9 Å². The van der Waals surface area contributed by atoms with E-state index in [2.05, 4.69) is 10.3 Å². The lowest BCUT2D eigenvalue weighted by atomic mass is 10.0. The number of fused-ring (bicyclic) bond motifs is 1. The third kappa shape index (κ3) is 3.81. The molecule has 0 bridgehead atoms. The molecule has 1 aliphatic carbocycles. The van der Waals surface area contributed by atoms with Crippen LogP contribution in [-0.2, 0) is 11.2 Å². The number of hydrogen-bond donors (Lipinski definition) is 1. The Kier molecular flexibility index (Phi) is 4.93. The van der Waals surface area contributed by atoms with E-state index in [9.17, 15) is 14.0 Å². The van der Waals surface area contributed by atoms with Gasteiger partial charge in [0.2, 0.25) is 12.7 Å². The molecule has 2 heterocycles. The van der Waals surface area contributed by atoms with Crippen LogP contribution < -0.4 is 10.1 Å². The average Bonchev–Trinajstić information content (AvgIpc) is 3.40. The van der Waals surface area contributed by atoms with E-state index in [-0.39, 0.29) is 25.1 Å². The third-order valence-corrected chi connectivity index (χ3v) is 3.87. The molecule has 3 rings (SSSR count). The molecule has 8 heteroatoms. The molecule has 1 fully saturated rings. The highest BCUT2D eigenvalue weighted by Gasteiger charge is 2.36. The molecule has 0 atom stereocenters. The molecule has 2 aliphatic rings. The Labute approximate surface area is 138 Å². The molecule has 1 aromatic heterocycles. The van der Waals surface area contributed by atoms with Gasteiger partial charge >= 0.3 is 6.09 Å². The van der Waals surface area contributed by atoms with E-state index >= 15 is 0 Å². The molecule has 1 N–H and O–H groups in total. The molecule has 1 aliphatic heterocycles. The number of rotatable bonds is 6. The summed E-state index contributed by atoms with van der Waals surface area (Å²) in [5.41, 5.74) is 1.31. The van der Waals surface area contributed by atoms with E-state index in [0.717, 1.165) is 18.9 Å². The van der Waals surface area contributed by atoms with Crippen molar-refractivity contribution in [3.05, 3.63) is 35.8 Å². The van der Waals surface area contributed by atoms with Gasteiger partial charge in [-0.25, -0.2) is 14.2 Å². The summed E-state index contributed by atoms with van der Waals surface area (Å²) in [4.78, 5) is 29.8. The first-order chi connectivity index (χ1) is 11.7. The van der Waals surface area contributed by atoms with Crippen LogP contribution in [0.15, 0.2) is 24.5 Å². The summed E-state index contributed by atoms with van der Waals surface area (Å²) in [6.07, 6.45) is 3.59. The summed E-state index contributed by atoms with van der Waals surface area (Å²) < 4.78 is 21.8. The number of nitrogens with zero attached hydrogens (tertiary/aromatic N) is 2. The maximum atomic E-state index is 12.4. The number of carbonyl (C=O) groups is 2. The summed E-state index contributed by atoms with van der Waals surface area (Å²) >= 11 is 0. The molecule has 1 saturated carbocycles. The van der Waals surface area contributed by atoms with Crippen molar-refractivity contribution >= 4 is 12.0 Å². The lowest BCUT2D eigenvalue weighted by molar-refractivity contribution is 0.0571. The lowest BCUT2D eigenvalue weighted by Gasteiger charge is -2.28. The first kappa shape index (κ1) is 16.2. The number of nitrogens with one attached hydrogen (secondary N) is 1. The second-order valence-corrected chi connectivity index (χ2v) is 5.56. The number of halogens is 1. The van der Waals surface area contributed by atoms with Crippen molar-refractivity contribution in [2.24, 2.45) is 0 Å². The Bertz CT molecular complexity index is 661. The van der Waals surface area contributed by atoms with Crippen molar-refractivity contribution in [3.8, 4) is 5.88 Å². The fourth-order valence-electron chi connectivity index (χ4n) is 2.55. The summed E-state index contributed by atoms with van der Waals surface area (Å²) in [6, 6.07) is 3.67. The molecule has 0 radical (unpaired) electrons. The minimum absolute atomic E-state index is 0.0225. The highest BCUT2D eigenvalue weighted by molar-refractivity contribution is 5.96. The summed E-state index contributed by atoms with van der Waals surface area (Å²) in [5.74, 6) is 0.312. The zero-order chi connectivity index (χ0) is 16.9. The van der Waals surface area contributed by atoms with Gasteiger partial charge in [0, 0.05) is 31.6 Å². The molecule has 128 valence electrons. The molecule has 24 heavy (non-hydrogen) atoms. The normalized spacial score (nSPS) is 16.9. The maximum Gasteiger partial charge on any atom is 0.410 e. The van der Waals surface area contributed by atoms with Crippen molar-refractivity contribution in [3.63, 3.8) is 0 Å². The van der Waals surface area contributed by atoms with Crippen LogP contribution in [0.3, 0.4) is 0 Å². The molecule has 7 nitrogen and oxygen atoms in total. The third-order valence-electron chi connectivity index (χ3n) is 3.87. The fraction of sp³-hybridized carbons (Fsp3) is 0.438. The van der Waals surface area contributed by atoms with Crippen molar-refractivity contribution in [2.45, 2.75) is 25.3 Å². The van der Waals surface area contributed by atoms with Crippen molar-refractivity contribution < 1.29 is 23.5 Å². The van der Waals surface area contributed by atoms with Crippen LogP contribution in [0.1, 0.15) is 28.9 Å². The van der Waals surface area contributed by atoms with Gasteiger partial charge in [0.1, 0.15) is 0 Å². The molecule has 2 amide bonds. The van der Waals surface area contributed by atoms with Crippen LogP contribution in [-0.4, -0.2) is 47.8 Å². The zero-order valence-corrected chi connectivity index (χ0v) is 13.0. The minimum Gasteiger partial charge on any atom is -0.440 e. The van der Waals surface area contributed by atoms with Crippen LogP contribution in [0, 0.1) is 0 Å². The lowest BCUT2D eigenvalue weighted by Crippen LogP contribution is -2.39. The Morgan fingerprint density at radius 3 is 3.04 bits per heavy atom. The van der Waals surface area contributed by atoms with Crippen LogP contribution in [0.2, 0.25) is 0 Å². The Hall–Kier alpha value is -2.64. The summed E-state index contributed by atoms with van der Waals surface area (Å²) in [5, 5.41) is 2.31. The smallest absolute Gasteiger partial charge is 0.410 e. The predicted octanol–water partition coefficient (Wildman–Crippen LogP) is 1.79. The summed E-state index contributed by atoms with van der Waals surface area (Å²) in [7, 11) is 0. The van der Waals surface area contributed by atoms with Gasteiger partial charge in [-0.05, 0) is 25.0 Å².